The van der Waals surface area contributed by atoms with Gasteiger partial charge in [-0.25, -0.2) is 13.4 Å². The fraction of sp³-hybridized carbons (Fsp3) is 0.474. The van der Waals surface area contributed by atoms with Crippen molar-refractivity contribution in [1.82, 2.24) is 13.9 Å². The number of aromatic nitrogens is 2. The van der Waals surface area contributed by atoms with Crippen LogP contribution >= 0.6 is 0 Å². The monoisotopic (exact) mass is 390 g/mol. The lowest BCUT2D eigenvalue weighted by atomic mass is 10.1. The molecule has 2 aromatic rings. The largest absolute Gasteiger partial charge is 0.327 e. The Labute approximate surface area is 160 Å². The van der Waals surface area contributed by atoms with Gasteiger partial charge in [0, 0.05) is 25.0 Å². The minimum atomic E-state index is -3.60. The lowest BCUT2D eigenvalue weighted by molar-refractivity contribution is -0.116. The Bertz CT molecular complexity index is 867. The molecule has 0 saturated carbocycles. The molecule has 1 aliphatic heterocycles. The number of sulfonamides is 1. The minimum Gasteiger partial charge on any atom is -0.327 e. The molecule has 7 nitrogen and oxygen atoms in total. The average molecular weight is 391 g/mol. The van der Waals surface area contributed by atoms with Crippen molar-refractivity contribution in [2.75, 3.05) is 18.4 Å². The molecule has 1 amide bonds. The number of hydrogen-bond donors (Lipinski definition) is 1. The topological polar surface area (TPSA) is 84.3 Å². The summed E-state index contributed by atoms with van der Waals surface area (Å²) in [5.41, 5.74) is 1.92. The summed E-state index contributed by atoms with van der Waals surface area (Å²) < 4.78 is 28.5. The van der Waals surface area contributed by atoms with Crippen molar-refractivity contribution < 1.29 is 13.2 Å². The Kier molecular flexibility index (Phi) is 6.28. The molecule has 3 rings (SSSR count). The first-order chi connectivity index (χ1) is 13.0. The second kappa shape index (κ2) is 8.67. The van der Waals surface area contributed by atoms with Gasteiger partial charge in [-0.1, -0.05) is 31.9 Å². The van der Waals surface area contributed by atoms with Crippen molar-refractivity contribution in [2.24, 2.45) is 0 Å². The Balaban J connectivity index is 1.63. The number of carbonyl (C=O) groups is 1. The van der Waals surface area contributed by atoms with Gasteiger partial charge in [-0.15, -0.1) is 0 Å². The summed E-state index contributed by atoms with van der Waals surface area (Å²) in [6.07, 6.45) is 7.63. The van der Waals surface area contributed by atoms with Crippen LogP contribution < -0.4 is 5.32 Å². The molecular formula is C19H26N4O3S. The molecule has 1 fully saturated rings. The summed E-state index contributed by atoms with van der Waals surface area (Å²) in [7, 11) is -3.60. The van der Waals surface area contributed by atoms with Gasteiger partial charge in [-0.05, 0) is 37.0 Å². The van der Waals surface area contributed by atoms with E-state index in [0.717, 1.165) is 37.8 Å². The lowest BCUT2D eigenvalue weighted by Crippen LogP contribution is -2.32. The number of benzene rings is 1. The van der Waals surface area contributed by atoms with Crippen LogP contribution in [-0.4, -0.2) is 41.3 Å². The molecule has 0 aliphatic carbocycles. The molecule has 0 unspecified atom stereocenters. The van der Waals surface area contributed by atoms with E-state index in [0.29, 0.717) is 13.1 Å². The molecule has 1 saturated heterocycles. The predicted molar refractivity (Wildman–Crippen MR) is 104 cm³/mol. The number of rotatable bonds is 6. The SMILES string of the molecule is CCc1ccc(NC(=O)Cn2cnc(S(=O)(=O)N3CCCCCC3)c2)cc1. The smallest absolute Gasteiger partial charge is 0.262 e. The second-order valence-corrected chi connectivity index (χ2v) is 8.69. The molecule has 0 bridgehead atoms. The van der Waals surface area contributed by atoms with E-state index in [2.05, 4.69) is 17.2 Å². The van der Waals surface area contributed by atoms with Gasteiger partial charge < -0.3 is 9.88 Å². The maximum absolute atomic E-state index is 12.7. The highest BCUT2D eigenvalue weighted by Gasteiger charge is 2.27. The maximum Gasteiger partial charge on any atom is 0.262 e. The number of anilines is 1. The van der Waals surface area contributed by atoms with E-state index in [9.17, 15) is 13.2 Å². The van der Waals surface area contributed by atoms with Gasteiger partial charge in [0.2, 0.25) is 5.91 Å². The van der Waals surface area contributed by atoms with Gasteiger partial charge in [0.25, 0.3) is 10.0 Å². The van der Waals surface area contributed by atoms with Crippen LogP contribution in [0.1, 0.15) is 38.2 Å². The first-order valence-corrected chi connectivity index (χ1v) is 10.8. The van der Waals surface area contributed by atoms with Crippen LogP contribution in [0.2, 0.25) is 0 Å². The van der Waals surface area contributed by atoms with Crippen LogP contribution in [0.15, 0.2) is 41.8 Å². The first-order valence-electron chi connectivity index (χ1n) is 9.40. The number of hydrogen-bond acceptors (Lipinski definition) is 4. The van der Waals surface area contributed by atoms with Crippen molar-refractivity contribution in [3.8, 4) is 0 Å². The average Bonchev–Trinajstić information content (AvgIpc) is 2.95. The molecule has 0 spiro atoms. The van der Waals surface area contributed by atoms with E-state index in [4.69, 9.17) is 0 Å². The zero-order valence-corrected chi connectivity index (χ0v) is 16.4. The number of aryl methyl sites for hydroxylation is 1. The molecule has 1 N–H and O–H groups in total. The third-order valence-electron chi connectivity index (χ3n) is 4.75. The Morgan fingerprint density at radius 2 is 1.78 bits per heavy atom. The van der Waals surface area contributed by atoms with Gasteiger partial charge in [0.15, 0.2) is 5.03 Å². The van der Waals surface area contributed by atoms with Crippen molar-refractivity contribution >= 4 is 21.6 Å². The Morgan fingerprint density at radius 1 is 1.11 bits per heavy atom. The van der Waals surface area contributed by atoms with Crippen LogP contribution in [0.3, 0.4) is 0 Å². The number of nitrogens with one attached hydrogen (secondary N) is 1. The molecule has 1 aliphatic rings. The van der Waals surface area contributed by atoms with Gasteiger partial charge in [0.05, 0.1) is 6.33 Å². The fourth-order valence-corrected chi connectivity index (χ4v) is 4.62. The van der Waals surface area contributed by atoms with E-state index >= 15 is 0 Å². The number of nitrogens with zero attached hydrogens (tertiary/aromatic N) is 3. The summed E-state index contributed by atoms with van der Waals surface area (Å²) >= 11 is 0. The van der Waals surface area contributed by atoms with Crippen LogP contribution in [0.25, 0.3) is 0 Å². The van der Waals surface area contributed by atoms with Gasteiger partial charge in [0.1, 0.15) is 6.54 Å². The summed E-state index contributed by atoms with van der Waals surface area (Å²) in [6, 6.07) is 7.66. The lowest BCUT2D eigenvalue weighted by Gasteiger charge is -2.18. The first kappa shape index (κ1) is 19.6. The fourth-order valence-electron chi connectivity index (χ4n) is 3.16. The third-order valence-corrected chi connectivity index (χ3v) is 6.54. The molecule has 1 aromatic carbocycles. The van der Waals surface area contributed by atoms with E-state index in [1.54, 1.807) is 0 Å². The summed E-state index contributed by atoms with van der Waals surface area (Å²) in [5, 5.41) is 2.82. The van der Waals surface area contributed by atoms with Gasteiger partial charge in [-0.2, -0.15) is 4.31 Å². The number of carbonyl (C=O) groups excluding carboxylic acids is 1. The molecule has 27 heavy (non-hydrogen) atoms. The number of amides is 1. The van der Waals surface area contributed by atoms with Crippen LogP contribution in [0.5, 0.6) is 0 Å². The van der Waals surface area contributed by atoms with E-state index in [-0.39, 0.29) is 17.5 Å². The minimum absolute atomic E-state index is 0.00417. The molecule has 8 heteroatoms. The number of imidazole rings is 1. The summed E-state index contributed by atoms with van der Waals surface area (Å²) in [4.78, 5) is 16.3. The van der Waals surface area contributed by atoms with E-state index in [1.165, 1.54) is 27.0 Å². The standard InChI is InChI=1S/C19H26N4O3S/c1-2-16-7-9-17(10-8-16)21-18(24)13-22-14-19(20-15-22)27(25,26)23-11-5-3-4-6-12-23/h7-10,14-15H,2-6,11-13H2,1H3,(H,21,24). The zero-order chi connectivity index (χ0) is 19.3. The van der Waals surface area contributed by atoms with Gasteiger partial charge in [-0.3, -0.25) is 4.79 Å². The van der Waals surface area contributed by atoms with Crippen molar-refractivity contribution in [3.05, 3.63) is 42.4 Å². The maximum atomic E-state index is 12.7. The molecule has 0 radical (unpaired) electrons. The molecular weight excluding hydrogens is 364 g/mol. The highest BCUT2D eigenvalue weighted by Crippen LogP contribution is 2.19. The molecule has 2 heterocycles. The van der Waals surface area contributed by atoms with Crippen LogP contribution in [-0.2, 0) is 27.8 Å². The van der Waals surface area contributed by atoms with Crippen LogP contribution in [0, 0.1) is 0 Å². The van der Waals surface area contributed by atoms with Crippen molar-refractivity contribution in [1.29, 1.82) is 0 Å². The highest BCUT2D eigenvalue weighted by molar-refractivity contribution is 7.89. The third kappa shape index (κ3) is 4.95. The molecule has 146 valence electrons. The molecule has 0 atom stereocenters. The van der Waals surface area contributed by atoms with Crippen molar-refractivity contribution in [2.45, 2.75) is 50.6 Å². The van der Waals surface area contributed by atoms with Gasteiger partial charge >= 0.3 is 0 Å². The normalized spacial score (nSPS) is 16.0. The zero-order valence-electron chi connectivity index (χ0n) is 15.6. The van der Waals surface area contributed by atoms with E-state index in [1.807, 2.05) is 24.3 Å². The Hall–Kier alpha value is -2.19. The van der Waals surface area contributed by atoms with Crippen molar-refractivity contribution in [3.63, 3.8) is 0 Å². The second-order valence-electron chi connectivity index (χ2n) is 6.80. The predicted octanol–water partition coefficient (Wildman–Crippen LogP) is 2.65. The quantitative estimate of drug-likeness (QED) is 0.822. The van der Waals surface area contributed by atoms with Crippen LogP contribution in [0.4, 0.5) is 5.69 Å². The van der Waals surface area contributed by atoms with E-state index < -0.39 is 10.0 Å². The Morgan fingerprint density at radius 3 is 2.41 bits per heavy atom. The highest BCUT2D eigenvalue weighted by atomic mass is 32.2. The molecule has 1 aromatic heterocycles. The summed E-state index contributed by atoms with van der Waals surface area (Å²) in [5.74, 6) is -0.227. The summed E-state index contributed by atoms with van der Waals surface area (Å²) in [6.45, 7) is 3.15.